The average molecular weight is 294 g/mol. The Morgan fingerprint density at radius 2 is 2.06 bits per heavy atom. The minimum atomic E-state index is -1.18. The molecule has 0 saturated carbocycles. The van der Waals surface area contributed by atoms with E-state index in [4.69, 9.17) is 38.8 Å². The third-order valence-corrected chi connectivity index (χ3v) is 3.39. The molecule has 0 heterocycles. The van der Waals surface area contributed by atoms with Gasteiger partial charge in [-0.3, -0.25) is 4.79 Å². The molecule has 0 radical (unpaired) electrons. The van der Waals surface area contributed by atoms with E-state index >= 15 is 0 Å². The molecule has 0 aliphatic rings. The number of carbonyl (C=O) groups is 1. The van der Waals surface area contributed by atoms with Crippen molar-refractivity contribution in [1.29, 1.82) is 0 Å². The second-order valence-electron chi connectivity index (χ2n) is 3.79. The summed E-state index contributed by atoms with van der Waals surface area (Å²) in [5.41, 5.74) is 5.80. The molecule has 1 rings (SSSR count). The van der Waals surface area contributed by atoms with Gasteiger partial charge in [-0.05, 0) is 5.56 Å². The van der Waals surface area contributed by atoms with Crippen LogP contribution in [0.15, 0.2) is 6.07 Å². The van der Waals surface area contributed by atoms with Crippen LogP contribution in [-0.2, 0) is 4.79 Å². The predicted molar refractivity (Wildman–Crippen MR) is 68.7 cm³/mol. The molecule has 1 aromatic rings. The Labute approximate surface area is 114 Å². The van der Waals surface area contributed by atoms with Gasteiger partial charge >= 0.3 is 5.97 Å². The summed E-state index contributed by atoms with van der Waals surface area (Å²) < 4.78 is 4.88. The van der Waals surface area contributed by atoms with Crippen molar-refractivity contribution in [3.63, 3.8) is 0 Å². The highest BCUT2D eigenvalue weighted by atomic mass is 35.5. The maximum absolute atomic E-state index is 10.8. The van der Waals surface area contributed by atoms with Crippen LogP contribution in [0.3, 0.4) is 0 Å². The van der Waals surface area contributed by atoms with E-state index in [9.17, 15) is 9.90 Å². The van der Waals surface area contributed by atoms with Crippen molar-refractivity contribution in [1.82, 2.24) is 0 Å². The molecule has 0 fully saturated rings. The number of carboxylic acids is 1. The van der Waals surface area contributed by atoms with Gasteiger partial charge in [0.15, 0.2) is 11.5 Å². The highest BCUT2D eigenvalue weighted by molar-refractivity contribution is 6.37. The summed E-state index contributed by atoms with van der Waals surface area (Å²) in [5.74, 6) is -2.00. The van der Waals surface area contributed by atoms with Gasteiger partial charge in [0.25, 0.3) is 0 Å². The van der Waals surface area contributed by atoms with Gasteiger partial charge in [-0.15, -0.1) is 0 Å². The zero-order chi connectivity index (χ0) is 14.0. The summed E-state index contributed by atoms with van der Waals surface area (Å²) in [6.07, 6.45) is 0. The topological polar surface area (TPSA) is 92.8 Å². The summed E-state index contributed by atoms with van der Waals surface area (Å²) in [7, 11) is 1.35. The highest BCUT2D eigenvalue weighted by Gasteiger charge is 2.28. The quantitative estimate of drug-likeness (QED) is 0.791. The first kappa shape index (κ1) is 14.9. The van der Waals surface area contributed by atoms with Crippen LogP contribution in [0.4, 0.5) is 0 Å². The van der Waals surface area contributed by atoms with Gasteiger partial charge in [0, 0.05) is 17.0 Å². The van der Waals surface area contributed by atoms with Crippen molar-refractivity contribution >= 4 is 29.2 Å². The fourth-order valence-corrected chi connectivity index (χ4v) is 2.35. The maximum Gasteiger partial charge on any atom is 0.321 e. The molecule has 0 aliphatic heterocycles. The summed E-state index contributed by atoms with van der Waals surface area (Å²) in [6.45, 7) is 1.57. The maximum atomic E-state index is 10.8. The van der Waals surface area contributed by atoms with Gasteiger partial charge in [0.05, 0.1) is 12.1 Å². The SMILES string of the molecule is COc1cc(Cl)c(C(C)[C@@H](N)C(=O)O)c(Cl)c1O. The molecule has 100 valence electrons. The van der Waals surface area contributed by atoms with Crippen molar-refractivity contribution in [2.45, 2.75) is 18.9 Å². The number of halogens is 2. The van der Waals surface area contributed by atoms with Crippen LogP contribution in [0.25, 0.3) is 0 Å². The first-order valence-corrected chi connectivity index (χ1v) is 5.80. The molecule has 0 aliphatic carbocycles. The van der Waals surface area contributed by atoms with Crippen LogP contribution in [0.2, 0.25) is 10.0 Å². The fraction of sp³-hybridized carbons (Fsp3) is 0.364. The molecule has 7 heteroatoms. The Bertz CT molecular complexity index is 479. The number of phenolic OH excluding ortho intramolecular Hbond substituents is 1. The molecule has 2 atom stereocenters. The van der Waals surface area contributed by atoms with Gasteiger partial charge in [0.2, 0.25) is 0 Å². The number of hydrogen-bond acceptors (Lipinski definition) is 4. The zero-order valence-electron chi connectivity index (χ0n) is 9.78. The predicted octanol–water partition coefficient (Wildman–Crippen LogP) is 2.22. The number of aromatic hydroxyl groups is 1. The number of hydrogen-bond donors (Lipinski definition) is 3. The van der Waals surface area contributed by atoms with E-state index in [2.05, 4.69) is 0 Å². The van der Waals surface area contributed by atoms with Crippen molar-refractivity contribution in [3.8, 4) is 11.5 Å². The highest BCUT2D eigenvalue weighted by Crippen LogP contribution is 2.44. The van der Waals surface area contributed by atoms with Crippen molar-refractivity contribution < 1.29 is 19.7 Å². The molecule has 0 saturated heterocycles. The standard InChI is InChI=1S/C11H13Cl2NO4/c1-4(9(14)11(16)17)7-5(12)3-6(18-2)10(15)8(7)13/h3-4,9,15H,14H2,1-2H3,(H,16,17)/t4?,9-/m1/s1. The first-order valence-electron chi connectivity index (χ1n) is 5.04. The Morgan fingerprint density at radius 1 is 1.50 bits per heavy atom. The van der Waals surface area contributed by atoms with E-state index in [0.717, 1.165) is 0 Å². The number of methoxy groups -OCH3 is 1. The number of rotatable bonds is 4. The minimum absolute atomic E-state index is 0.0523. The lowest BCUT2D eigenvalue weighted by Crippen LogP contribution is -2.35. The van der Waals surface area contributed by atoms with E-state index in [-0.39, 0.29) is 27.1 Å². The van der Waals surface area contributed by atoms with Crippen LogP contribution in [0, 0.1) is 0 Å². The molecule has 0 spiro atoms. The van der Waals surface area contributed by atoms with Crippen molar-refractivity contribution in [3.05, 3.63) is 21.7 Å². The number of carboxylic acid groups (broad SMARTS) is 1. The van der Waals surface area contributed by atoms with Gasteiger partial charge in [-0.2, -0.15) is 0 Å². The molecule has 5 nitrogen and oxygen atoms in total. The smallest absolute Gasteiger partial charge is 0.321 e. The van der Waals surface area contributed by atoms with Crippen LogP contribution in [-0.4, -0.2) is 29.3 Å². The van der Waals surface area contributed by atoms with Crippen LogP contribution in [0.1, 0.15) is 18.4 Å². The molecule has 18 heavy (non-hydrogen) atoms. The van der Waals surface area contributed by atoms with Crippen molar-refractivity contribution in [2.24, 2.45) is 5.73 Å². The van der Waals surface area contributed by atoms with Gasteiger partial charge in [-0.1, -0.05) is 30.1 Å². The van der Waals surface area contributed by atoms with Crippen LogP contribution >= 0.6 is 23.2 Å². The van der Waals surface area contributed by atoms with Gasteiger partial charge < -0.3 is 20.7 Å². The Kier molecular flexibility index (Phi) is 4.67. The average Bonchev–Trinajstić information content (AvgIpc) is 2.32. The normalized spacial score (nSPS) is 14.1. The Hall–Kier alpha value is -1.17. The molecule has 0 aromatic heterocycles. The number of nitrogens with two attached hydrogens (primary N) is 1. The third kappa shape index (κ3) is 2.63. The minimum Gasteiger partial charge on any atom is -0.503 e. The molecule has 0 bridgehead atoms. The van der Waals surface area contributed by atoms with Crippen molar-refractivity contribution in [2.75, 3.05) is 7.11 Å². The fourth-order valence-electron chi connectivity index (χ4n) is 1.57. The molecular weight excluding hydrogens is 281 g/mol. The van der Waals surface area contributed by atoms with E-state index < -0.39 is 17.9 Å². The number of aliphatic carboxylic acids is 1. The lowest BCUT2D eigenvalue weighted by molar-refractivity contribution is -0.139. The largest absolute Gasteiger partial charge is 0.503 e. The monoisotopic (exact) mass is 293 g/mol. The van der Waals surface area contributed by atoms with Gasteiger partial charge in [-0.25, -0.2) is 0 Å². The molecule has 1 aromatic carbocycles. The molecule has 1 unspecified atom stereocenters. The lowest BCUT2D eigenvalue weighted by atomic mass is 9.93. The van der Waals surface area contributed by atoms with E-state index in [1.165, 1.54) is 13.2 Å². The molecule has 4 N–H and O–H groups in total. The lowest BCUT2D eigenvalue weighted by Gasteiger charge is -2.20. The summed E-state index contributed by atoms with van der Waals surface area (Å²) in [6, 6.07) is 0.191. The number of ether oxygens (including phenoxy) is 1. The molecular formula is C11H13Cl2NO4. The van der Waals surface area contributed by atoms with Gasteiger partial charge in [0.1, 0.15) is 6.04 Å². The number of benzene rings is 1. The first-order chi connectivity index (χ1) is 8.31. The summed E-state index contributed by atoms with van der Waals surface area (Å²) in [5, 5.41) is 18.8. The van der Waals surface area contributed by atoms with Crippen LogP contribution < -0.4 is 10.5 Å². The second kappa shape index (κ2) is 5.65. The Morgan fingerprint density at radius 3 is 2.50 bits per heavy atom. The summed E-state index contributed by atoms with van der Waals surface area (Å²) >= 11 is 12.0. The zero-order valence-corrected chi connectivity index (χ0v) is 11.3. The molecule has 0 amide bonds. The summed E-state index contributed by atoms with van der Waals surface area (Å²) in [4.78, 5) is 10.8. The van der Waals surface area contributed by atoms with E-state index in [1.807, 2.05) is 0 Å². The van der Waals surface area contributed by atoms with E-state index in [1.54, 1.807) is 6.92 Å². The second-order valence-corrected chi connectivity index (χ2v) is 4.57. The Balaban J connectivity index is 3.33. The van der Waals surface area contributed by atoms with Crippen LogP contribution in [0.5, 0.6) is 11.5 Å². The van der Waals surface area contributed by atoms with E-state index in [0.29, 0.717) is 0 Å². The number of phenols is 1. The third-order valence-electron chi connectivity index (χ3n) is 2.69.